The Labute approximate surface area is 568 Å². The predicted octanol–water partition coefficient (Wildman–Crippen LogP) is 21.7. The minimum atomic E-state index is -4.95. The fourth-order valence-electron chi connectivity index (χ4n) is 11.4. The number of esters is 4. The predicted molar refractivity (Wildman–Crippen MR) is 377 cm³/mol. The number of rotatable bonds is 74. The van der Waals surface area contributed by atoms with Gasteiger partial charge in [0.1, 0.15) is 19.3 Å². The third-order valence-electron chi connectivity index (χ3n) is 17.3. The summed E-state index contributed by atoms with van der Waals surface area (Å²) in [5, 5.41) is 10.6. The molecule has 2 unspecified atom stereocenters. The van der Waals surface area contributed by atoms with E-state index in [1.807, 2.05) is 0 Å². The van der Waals surface area contributed by atoms with Crippen LogP contribution in [0.3, 0.4) is 0 Å². The van der Waals surface area contributed by atoms with E-state index in [9.17, 15) is 43.2 Å². The molecule has 552 valence electrons. The van der Waals surface area contributed by atoms with Crippen LogP contribution in [0.1, 0.15) is 388 Å². The first-order chi connectivity index (χ1) is 45.0. The third kappa shape index (κ3) is 68.4. The van der Waals surface area contributed by atoms with Crippen molar-refractivity contribution in [2.45, 2.75) is 406 Å². The van der Waals surface area contributed by atoms with Crippen LogP contribution in [-0.4, -0.2) is 96.7 Å². The Morgan fingerprint density at radius 3 is 0.731 bits per heavy atom. The van der Waals surface area contributed by atoms with Crippen molar-refractivity contribution in [1.82, 2.24) is 0 Å². The van der Waals surface area contributed by atoms with Crippen molar-refractivity contribution in [2.24, 2.45) is 5.92 Å². The van der Waals surface area contributed by atoms with Crippen LogP contribution < -0.4 is 0 Å². The zero-order valence-electron chi connectivity index (χ0n) is 60.4. The topological polar surface area (TPSA) is 237 Å². The average Bonchev–Trinajstić information content (AvgIpc) is 1.97. The summed E-state index contributed by atoms with van der Waals surface area (Å²) in [6.07, 6.45) is 55.7. The van der Waals surface area contributed by atoms with Crippen LogP contribution >= 0.6 is 15.6 Å². The molecule has 0 aromatic carbocycles. The van der Waals surface area contributed by atoms with Crippen LogP contribution in [0.4, 0.5) is 0 Å². The minimum absolute atomic E-state index is 0.105. The molecular weight excluding hydrogens is 1220 g/mol. The number of carbonyl (C=O) groups excluding carboxylic acids is 4. The highest BCUT2D eigenvalue weighted by Gasteiger charge is 2.30. The van der Waals surface area contributed by atoms with E-state index < -0.39 is 97.5 Å². The summed E-state index contributed by atoms with van der Waals surface area (Å²) in [5.74, 6) is -1.38. The Morgan fingerprint density at radius 2 is 0.495 bits per heavy atom. The van der Waals surface area contributed by atoms with Gasteiger partial charge in [-0.3, -0.25) is 37.3 Å². The molecule has 0 saturated heterocycles. The molecule has 0 aromatic rings. The number of hydrogen-bond acceptors (Lipinski definition) is 15. The summed E-state index contributed by atoms with van der Waals surface area (Å²) in [6.45, 7) is 7.21. The SMILES string of the molecule is CCCCCCCCCCCCCCCCCCCCCC(=O)O[C@H](COC(=O)CCCCCCCCCCCCCCCCC)COP(=O)(O)OC[C@@H](O)COP(=O)(O)OC[C@@H](COC(=O)CCCCCCCCC)OC(=O)CCCCCCCCCCCC(C)C. The van der Waals surface area contributed by atoms with Gasteiger partial charge in [-0.1, -0.05) is 336 Å². The summed E-state index contributed by atoms with van der Waals surface area (Å²) >= 11 is 0. The third-order valence-corrected chi connectivity index (χ3v) is 19.2. The fraction of sp³-hybridized carbons (Fsp3) is 0.946. The molecule has 0 rings (SSSR count). The Balaban J connectivity index is 5.18. The Morgan fingerprint density at radius 1 is 0.290 bits per heavy atom. The van der Waals surface area contributed by atoms with E-state index >= 15 is 0 Å². The van der Waals surface area contributed by atoms with Gasteiger partial charge in [-0.25, -0.2) is 9.13 Å². The normalized spacial score (nSPS) is 14.0. The maximum atomic E-state index is 13.1. The van der Waals surface area contributed by atoms with E-state index in [1.54, 1.807) is 0 Å². The number of phosphoric acid groups is 2. The molecule has 0 spiro atoms. The summed E-state index contributed by atoms with van der Waals surface area (Å²) in [6, 6.07) is 0. The number of aliphatic hydroxyl groups is 1. The van der Waals surface area contributed by atoms with E-state index in [-0.39, 0.29) is 25.7 Å². The molecule has 0 amide bonds. The molecule has 0 aliphatic rings. The summed E-state index contributed by atoms with van der Waals surface area (Å²) in [7, 11) is -9.90. The lowest BCUT2D eigenvalue weighted by atomic mass is 10.0. The molecule has 3 N–H and O–H groups in total. The lowest BCUT2D eigenvalue weighted by molar-refractivity contribution is -0.161. The van der Waals surface area contributed by atoms with Crippen molar-refractivity contribution in [3.05, 3.63) is 0 Å². The number of hydrogen-bond donors (Lipinski definition) is 3. The number of carbonyl (C=O) groups is 4. The van der Waals surface area contributed by atoms with Gasteiger partial charge in [-0.05, 0) is 31.6 Å². The molecule has 0 aliphatic carbocycles. The molecule has 19 heteroatoms. The molecule has 0 aliphatic heterocycles. The molecule has 0 fully saturated rings. The maximum Gasteiger partial charge on any atom is 0.472 e. The van der Waals surface area contributed by atoms with Gasteiger partial charge < -0.3 is 33.8 Å². The molecule has 0 bridgehead atoms. The number of ether oxygens (including phenoxy) is 4. The van der Waals surface area contributed by atoms with E-state index in [4.69, 9.17) is 37.0 Å². The second-order valence-electron chi connectivity index (χ2n) is 27.2. The lowest BCUT2D eigenvalue weighted by Crippen LogP contribution is -2.30. The van der Waals surface area contributed by atoms with Crippen LogP contribution in [0.15, 0.2) is 0 Å². The van der Waals surface area contributed by atoms with Crippen molar-refractivity contribution in [3.63, 3.8) is 0 Å². The zero-order valence-corrected chi connectivity index (χ0v) is 62.2. The average molecular weight is 1370 g/mol. The molecular formula is C74H144O17P2. The van der Waals surface area contributed by atoms with E-state index in [1.165, 1.54) is 199 Å². The van der Waals surface area contributed by atoms with Crippen LogP contribution in [-0.2, 0) is 65.4 Å². The van der Waals surface area contributed by atoms with Crippen LogP contribution in [0.5, 0.6) is 0 Å². The van der Waals surface area contributed by atoms with Crippen molar-refractivity contribution >= 4 is 39.5 Å². The van der Waals surface area contributed by atoms with Crippen molar-refractivity contribution in [2.75, 3.05) is 39.6 Å². The number of unbranched alkanes of at least 4 members (excludes halogenated alkanes) is 46. The minimum Gasteiger partial charge on any atom is -0.462 e. The summed E-state index contributed by atoms with van der Waals surface area (Å²) in [4.78, 5) is 72.6. The van der Waals surface area contributed by atoms with Gasteiger partial charge in [0.05, 0.1) is 26.4 Å². The van der Waals surface area contributed by atoms with Gasteiger partial charge in [0, 0.05) is 25.7 Å². The monoisotopic (exact) mass is 1370 g/mol. The molecule has 0 radical (unpaired) electrons. The van der Waals surface area contributed by atoms with Crippen molar-refractivity contribution in [3.8, 4) is 0 Å². The van der Waals surface area contributed by atoms with Crippen LogP contribution in [0.25, 0.3) is 0 Å². The number of aliphatic hydroxyl groups excluding tert-OH is 1. The molecule has 93 heavy (non-hydrogen) atoms. The first-order valence-electron chi connectivity index (χ1n) is 38.6. The van der Waals surface area contributed by atoms with E-state index in [0.29, 0.717) is 25.7 Å². The zero-order chi connectivity index (χ0) is 68.4. The van der Waals surface area contributed by atoms with E-state index in [0.717, 1.165) is 109 Å². The van der Waals surface area contributed by atoms with Gasteiger partial charge >= 0.3 is 39.5 Å². The second-order valence-corrected chi connectivity index (χ2v) is 30.1. The first kappa shape index (κ1) is 91.1. The summed E-state index contributed by atoms with van der Waals surface area (Å²) < 4.78 is 68.3. The van der Waals surface area contributed by atoms with Crippen LogP contribution in [0, 0.1) is 5.92 Å². The lowest BCUT2D eigenvalue weighted by Gasteiger charge is -2.21. The van der Waals surface area contributed by atoms with Gasteiger partial charge in [0.15, 0.2) is 12.2 Å². The smallest absolute Gasteiger partial charge is 0.462 e. The Bertz CT molecular complexity index is 1790. The maximum absolute atomic E-state index is 13.1. The molecule has 0 heterocycles. The Hall–Kier alpha value is -1.94. The van der Waals surface area contributed by atoms with Crippen molar-refractivity contribution < 1.29 is 80.2 Å². The largest absolute Gasteiger partial charge is 0.472 e. The second kappa shape index (κ2) is 67.3. The van der Waals surface area contributed by atoms with Gasteiger partial charge in [-0.15, -0.1) is 0 Å². The number of phosphoric ester groups is 2. The molecule has 5 atom stereocenters. The highest BCUT2D eigenvalue weighted by molar-refractivity contribution is 7.47. The standard InChI is InChI=1S/C74H144O17P2/c1-6-9-12-15-18-20-22-24-26-27-28-29-31-33-35-39-44-49-54-59-73(78)91-70(64-85-72(77)58-53-48-43-38-34-32-30-25-23-21-19-16-13-10-7-2)66-89-93(82,83)87-62-68(75)61-86-92(80,81)88-65-69(63-84-71(76)57-52-47-41-17-14-11-8-3)90-74(79)60-55-50-45-40-36-37-42-46-51-56-67(4)5/h67-70,75H,6-66H2,1-5H3,(H,80,81)(H,82,83)/t68-,69+,70+/m0/s1. The van der Waals surface area contributed by atoms with E-state index in [2.05, 4.69) is 34.6 Å². The Kier molecular flexibility index (Phi) is 65.9. The summed E-state index contributed by atoms with van der Waals surface area (Å²) in [5.41, 5.74) is 0. The van der Waals surface area contributed by atoms with Crippen molar-refractivity contribution in [1.29, 1.82) is 0 Å². The molecule has 0 saturated carbocycles. The fourth-order valence-corrected chi connectivity index (χ4v) is 12.9. The first-order valence-corrected chi connectivity index (χ1v) is 41.6. The van der Waals surface area contributed by atoms with Gasteiger partial charge in [-0.2, -0.15) is 0 Å². The van der Waals surface area contributed by atoms with Gasteiger partial charge in [0.2, 0.25) is 0 Å². The highest BCUT2D eigenvalue weighted by Crippen LogP contribution is 2.45. The van der Waals surface area contributed by atoms with Crippen LogP contribution in [0.2, 0.25) is 0 Å². The van der Waals surface area contributed by atoms with Gasteiger partial charge in [0.25, 0.3) is 0 Å². The quantitative estimate of drug-likeness (QED) is 0.0222. The molecule has 0 aromatic heterocycles. The highest BCUT2D eigenvalue weighted by atomic mass is 31.2. The molecule has 17 nitrogen and oxygen atoms in total.